The Balaban J connectivity index is 1.79. The number of thioether (sulfide) groups is 1. The normalized spacial score (nSPS) is 10.3. The second kappa shape index (κ2) is 8.44. The SMILES string of the molecule is CC(=O)Nc1ccc(NC(=O)CCSc2nc(C)cc(C)n2)cc1. The van der Waals surface area contributed by atoms with Crippen LogP contribution in [0.4, 0.5) is 11.4 Å². The number of anilines is 2. The zero-order valence-electron chi connectivity index (χ0n) is 13.9. The zero-order chi connectivity index (χ0) is 17.5. The number of rotatable bonds is 6. The first kappa shape index (κ1) is 17.9. The summed E-state index contributed by atoms with van der Waals surface area (Å²) in [6.45, 7) is 5.30. The number of carbonyl (C=O) groups is 2. The zero-order valence-corrected chi connectivity index (χ0v) is 14.7. The van der Waals surface area contributed by atoms with E-state index < -0.39 is 0 Å². The Morgan fingerprint density at radius 3 is 2.08 bits per heavy atom. The Morgan fingerprint density at radius 1 is 1.00 bits per heavy atom. The molecule has 7 heteroatoms. The monoisotopic (exact) mass is 344 g/mol. The predicted octanol–water partition coefficient (Wildman–Crippen LogP) is 3.17. The van der Waals surface area contributed by atoms with Crippen molar-refractivity contribution in [2.75, 3.05) is 16.4 Å². The molecule has 0 spiro atoms. The molecular formula is C17H20N4O2S. The Kier molecular flexibility index (Phi) is 6.31. The van der Waals surface area contributed by atoms with E-state index in [1.807, 2.05) is 19.9 Å². The van der Waals surface area contributed by atoms with Crippen molar-refractivity contribution in [1.29, 1.82) is 0 Å². The highest BCUT2D eigenvalue weighted by atomic mass is 32.2. The minimum Gasteiger partial charge on any atom is -0.326 e. The highest BCUT2D eigenvalue weighted by Gasteiger charge is 2.06. The van der Waals surface area contributed by atoms with E-state index in [9.17, 15) is 9.59 Å². The summed E-state index contributed by atoms with van der Waals surface area (Å²) in [5.74, 6) is 0.412. The molecule has 0 fully saturated rings. The van der Waals surface area contributed by atoms with Gasteiger partial charge in [-0.3, -0.25) is 9.59 Å². The van der Waals surface area contributed by atoms with Gasteiger partial charge in [-0.25, -0.2) is 9.97 Å². The summed E-state index contributed by atoms with van der Waals surface area (Å²) in [6.07, 6.45) is 0.370. The second-order valence-corrected chi connectivity index (χ2v) is 6.40. The van der Waals surface area contributed by atoms with Crippen LogP contribution in [0.3, 0.4) is 0 Å². The van der Waals surface area contributed by atoms with E-state index in [-0.39, 0.29) is 11.8 Å². The van der Waals surface area contributed by atoms with Gasteiger partial charge in [0.2, 0.25) is 11.8 Å². The number of nitrogens with one attached hydrogen (secondary N) is 2. The van der Waals surface area contributed by atoms with Gasteiger partial charge < -0.3 is 10.6 Å². The van der Waals surface area contributed by atoms with E-state index in [0.717, 1.165) is 11.4 Å². The predicted molar refractivity (Wildman–Crippen MR) is 96.2 cm³/mol. The molecule has 2 aromatic rings. The molecule has 0 aliphatic carbocycles. The van der Waals surface area contributed by atoms with Gasteiger partial charge in [0, 0.05) is 41.9 Å². The summed E-state index contributed by atoms with van der Waals surface area (Å²) in [6, 6.07) is 8.92. The first-order valence-corrected chi connectivity index (χ1v) is 8.53. The fraction of sp³-hybridized carbons (Fsp3) is 0.294. The van der Waals surface area contributed by atoms with E-state index in [2.05, 4.69) is 20.6 Å². The molecule has 6 nitrogen and oxygen atoms in total. The molecule has 0 saturated heterocycles. The summed E-state index contributed by atoms with van der Waals surface area (Å²) in [5.41, 5.74) is 3.24. The fourth-order valence-electron chi connectivity index (χ4n) is 2.06. The van der Waals surface area contributed by atoms with E-state index in [1.54, 1.807) is 24.3 Å². The van der Waals surface area contributed by atoms with Gasteiger partial charge in [-0.2, -0.15) is 0 Å². The number of benzene rings is 1. The minimum atomic E-state index is -0.127. The molecule has 2 amide bonds. The lowest BCUT2D eigenvalue weighted by Crippen LogP contribution is -2.12. The van der Waals surface area contributed by atoms with E-state index in [4.69, 9.17) is 0 Å². The molecule has 0 atom stereocenters. The van der Waals surface area contributed by atoms with Gasteiger partial charge in [-0.05, 0) is 44.2 Å². The number of nitrogens with zero attached hydrogens (tertiary/aromatic N) is 2. The van der Waals surface area contributed by atoms with Gasteiger partial charge in [-0.15, -0.1) is 0 Å². The largest absolute Gasteiger partial charge is 0.326 e. The lowest BCUT2D eigenvalue weighted by atomic mass is 10.2. The third-order valence-electron chi connectivity index (χ3n) is 3.01. The molecule has 2 rings (SSSR count). The Labute approximate surface area is 145 Å². The first-order chi connectivity index (χ1) is 11.4. The minimum absolute atomic E-state index is 0.0702. The molecule has 2 N–H and O–H groups in total. The number of amides is 2. The van der Waals surface area contributed by atoms with Crippen LogP contribution in [-0.2, 0) is 9.59 Å². The third-order valence-corrected chi connectivity index (χ3v) is 3.86. The maximum absolute atomic E-state index is 12.0. The van der Waals surface area contributed by atoms with Gasteiger partial charge in [0.05, 0.1) is 0 Å². The summed E-state index contributed by atoms with van der Waals surface area (Å²) in [4.78, 5) is 31.6. The van der Waals surface area contributed by atoms with Crippen molar-refractivity contribution >= 4 is 35.0 Å². The average Bonchev–Trinajstić information content (AvgIpc) is 2.48. The number of hydrogen-bond acceptors (Lipinski definition) is 5. The van der Waals surface area contributed by atoms with Crippen LogP contribution in [0, 0.1) is 13.8 Å². The number of carbonyl (C=O) groups excluding carboxylic acids is 2. The summed E-state index contributed by atoms with van der Waals surface area (Å²) >= 11 is 1.47. The van der Waals surface area contributed by atoms with Crippen molar-refractivity contribution in [3.8, 4) is 0 Å². The molecule has 24 heavy (non-hydrogen) atoms. The molecule has 1 aromatic heterocycles. The van der Waals surface area contributed by atoms with Crippen LogP contribution in [-0.4, -0.2) is 27.5 Å². The van der Waals surface area contributed by atoms with Crippen LogP contribution < -0.4 is 10.6 Å². The highest BCUT2D eigenvalue weighted by Crippen LogP contribution is 2.17. The molecule has 0 aliphatic heterocycles. The van der Waals surface area contributed by atoms with E-state index in [1.165, 1.54) is 18.7 Å². The van der Waals surface area contributed by atoms with Gasteiger partial charge in [-0.1, -0.05) is 11.8 Å². The average molecular weight is 344 g/mol. The number of aryl methyl sites for hydroxylation is 2. The lowest BCUT2D eigenvalue weighted by Gasteiger charge is -2.07. The van der Waals surface area contributed by atoms with Crippen LogP contribution in [0.15, 0.2) is 35.5 Å². The van der Waals surface area contributed by atoms with E-state index >= 15 is 0 Å². The maximum Gasteiger partial charge on any atom is 0.225 e. The third kappa shape index (κ3) is 6.00. The molecule has 1 aromatic carbocycles. The quantitative estimate of drug-likeness (QED) is 0.621. The molecule has 0 unspecified atom stereocenters. The molecule has 0 bridgehead atoms. The summed E-state index contributed by atoms with van der Waals surface area (Å²) < 4.78 is 0. The molecule has 1 heterocycles. The van der Waals surface area contributed by atoms with Crippen molar-refractivity contribution in [2.24, 2.45) is 0 Å². The number of aromatic nitrogens is 2. The van der Waals surface area contributed by atoms with Gasteiger partial charge >= 0.3 is 0 Å². The summed E-state index contributed by atoms with van der Waals surface area (Å²) in [7, 11) is 0. The topological polar surface area (TPSA) is 84.0 Å². The Bertz CT molecular complexity index is 712. The highest BCUT2D eigenvalue weighted by molar-refractivity contribution is 7.99. The van der Waals surface area contributed by atoms with Gasteiger partial charge in [0.1, 0.15) is 0 Å². The molecular weight excluding hydrogens is 324 g/mol. The van der Waals surface area contributed by atoms with Crippen molar-refractivity contribution in [3.05, 3.63) is 41.7 Å². The molecule has 126 valence electrons. The van der Waals surface area contributed by atoms with Crippen LogP contribution in [0.1, 0.15) is 24.7 Å². The van der Waals surface area contributed by atoms with Crippen molar-refractivity contribution in [1.82, 2.24) is 9.97 Å². The van der Waals surface area contributed by atoms with Crippen LogP contribution in [0.5, 0.6) is 0 Å². The van der Waals surface area contributed by atoms with Crippen LogP contribution in [0.2, 0.25) is 0 Å². The lowest BCUT2D eigenvalue weighted by molar-refractivity contribution is -0.116. The van der Waals surface area contributed by atoms with Gasteiger partial charge in [0.15, 0.2) is 5.16 Å². The Morgan fingerprint density at radius 2 is 1.54 bits per heavy atom. The van der Waals surface area contributed by atoms with Crippen LogP contribution in [0.25, 0.3) is 0 Å². The van der Waals surface area contributed by atoms with Crippen molar-refractivity contribution in [2.45, 2.75) is 32.3 Å². The standard InChI is InChI=1S/C17H20N4O2S/c1-11-10-12(2)19-17(18-11)24-9-8-16(23)21-15-6-4-14(5-7-15)20-13(3)22/h4-7,10H,8-9H2,1-3H3,(H,20,22)(H,21,23). The Hall–Kier alpha value is -2.41. The first-order valence-electron chi connectivity index (χ1n) is 7.55. The second-order valence-electron chi connectivity index (χ2n) is 5.34. The molecule has 0 radical (unpaired) electrons. The van der Waals surface area contributed by atoms with Crippen molar-refractivity contribution in [3.63, 3.8) is 0 Å². The van der Waals surface area contributed by atoms with Crippen molar-refractivity contribution < 1.29 is 9.59 Å². The smallest absolute Gasteiger partial charge is 0.225 e. The maximum atomic E-state index is 12.0. The molecule has 0 saturated carbocycles. The van der Waals surface area contributed by atoms with Gasteiger partial charge in [0.25, 0.3) is 0 Å². The molecule has 0 aliphatic rings. The van der Waals surface area contributed by atoms with Crippen LogP contribution >= 0.6 is 11.8 Å². The summed E-state index contributed by atoms with van der Waals surface area (Å²) in [5, 5.41) is 6.20. The fourth-order valence-corrected chi connectivity index (χ4v) is 2.94. The van der Waals surface area contributed by atoms with E-state index in [0.29, 0.717) is 28.7 Å². The number of hydrogen-bond donors (Lipinski definition) is 2.